The Morgan fingerprint density at radius 1 is 1.17 bits per heavy atom. The van der Waals surface area contributed by atoms with E-state index in [1.54, 1.807) is 23.9 Å². The summed E-state index contributed by atoms with van der Waals surface area (Å²) in [5.74, 6) is 0.769. The molecule has 2 aromatic carbocycles. The van der Waals surface area contributed by atoms with Crippen LogP contribution in [0.4, 0.5) is 5.69 Å². The van der Waals surface area contributed by atoms with Gasteiger partial charge in [0, 0.05) is 24.1 Å². The van der Waals surface area contributed by atoms with Gasteiger partial charge in [-0.3, -0.25) is 14.7 Å². The Morgan fingerprint density at radius 3 is 2.66 bits per heavy atom. The van der Waals surface area contributed by atoms with Crippen molar-refractivity contribution in [2.24, 2.45) is 10.2 Å². The molecule has 0 saturated heterocycles. The highest BCUT2D eigenvalue weighted by Gasteiger charge is 2.16. The minimum Gasteiger partial charge on any atom is -0.315 e. The molecule has 0 aliphatic rings. The number of imidazole rings is 1. The van der Waals surface area contributed by atoms with Crippen molar-refractivity contribution in [3.63, 3.8) is 0 Å². The molecule has 0 fully saturated rings. The molecule has 178 valence electrons. The average Bonchev–Trinajstić information content (AvgIpc) is 3.54. The van der Waals surface area contributed by atoms with Crippen LogP contribution in [-0.2, 0) is 13.1 Å². The summed E-state index contributed by atoms with van der Waals surface area (Å²) in [5.41, 5.74) is 4.60. The molecule has 0 spiro atoms. The monoisotopic (exact) mass is 506 g/mol. The van der Waals surface area contributed by atoms with E-state index < -0.39 is 4.92 Å². The van der Waals surface area contributed by atoms with Crippen LogP contribution in [0.25, 0.3) is 28.1 Å². The first-order chi connectivity index (χ1) is 17.0. The number of nitrogens with zero attached hydrogens (tertiary/aromatic N) is 8. The number of aromatic nitrogens is 5. The van der Waals surface area contributed by atoms with E-state index in [1.807, 2.05) is 63.4 Å². The quantitative estimate of drug-likeness (QED) is 0.136. The highest BCUT2D eigenvalue weighted by Crippen LogP contribution is 2.24. The summed E-state index contributed by atoms with van der Waals surface area (Å²) in [6, 6.07) is 14.5. The first kappa shape index (κ1) is 23.0. The summed E-state index contributed by atoms with van der Waals surface area (Å²) < 4.78 is 5.96. The van der Waals surface area contributed by atoms with Crippen molar-refractivity contribution in [1.29, 1.82) is 0 Å². The van der Waals surface area contributed by atoms with E-state index in [0.717, 1.165) is 43.7 Å². The van der Waals surface area contributed by atoms with E-state index in [0.29, 0.717) is 13.1 Å². The predicted molar refractivity (Wildman–Crippen MR) is 139 cm³/mol. The molecule has 3 aromatic heterocycles. The molecule has 35 heavy (non-hydrogen) atoms. The van der Waals surface area contributed by atoms with Gasteiger partial charge in [-0.2, -0.15) is 9.62 Å². The number of hydrogen-bond acceptors (Lipinski definition) is 8. The number of nitro benzene ring substituents is 1. The Hall–Kier alpha value is -3.77. The molecule has 0 unspecified atom stereocenters. The summed E-state index contributed by atoms with van der Waals surface area (Å²) >= 11 is 3.05. The summed E-state index contributed by atoms with van der Waals surface area (Å²) in [6.45, 7) is 5.18. The smallest absolute Gasteiger partial charge is 0.269 e. The minimum absolute atomic E-state index is 0.0701. The maximum Gasteiger partial charge on any atom is 0.269 e. The second-order valence-corrected chi connectivity index (χ2v) is 9.38. The molecular weight excluding hydrogens is 484 g/mol. The molecule has 0 N–H and O–H groups in total. The average molecular weight is 507 g/mol. The number of benzene rings is 2. The van der Waals surface area contributed by atoms with Gasteiger partial charge in [-0.05, 0) is 49.9 Å². The van der Waals surface area contributed by atoms with Crippen molar-refractivity contribution in [2.45, 2.75) is 32.1 Å². The van der Waals surface area contributed by atoms with Gasteiger partial charge in [-0.25, -0.2) is 4.98 Å². The summed E-state index contributed by atoms with van der Waals surface area (Å²) in [5, 5.41) is 27.6. The van der Waals surface area contributed by atoms with Gasteiger partial charge in [-0.15, -0.1) is 21.5 Å². The Bertz CT molecular complexity index is 1640. The van der Waals surface area contributed by atoms with E-state index in [2.05, 4.69) is 10.2 Å². The van der Waals surface area contributed by atoms with Crippen molar-refractivity contribution in [3.05, 3.63) is 68.8 Å². The number of thiazole rings is 1. The molecule has 5 rings (SSSR count). The van der Waals surface area contributed by atoms with Gasteiger partial charge in [0.25, 0.3) is 5.69 Å². The Labute approximate surface area is 208 Å². The van der Waals surface area contributed by atoms with Crippen molar-refractivity contribution in [2.75, 3.05) is 6.26 Å². The first-order valence-electron chi connectivity index (χ1n) is 10.9. The van der Waals surface area contributed by atoms with Crippen LogP contribution >= 0.6 is 23.1 Å². The van der Waals surface area contributed by atoms with Crippen LogP contribution in [0.5, 0.6) is 0 Å². The third kappa shape index (κ3) is 4.26. The fourth-order valence-electron chi connectivity index (χ4n) is 3.88. The van der Waals surface area contributed by atoms with Gasteiger partial charge < -0.3 is 4.57 Å². The van der Waals surface area contributed by atoms with Crippen LogP contribution in [0.1, 0.15) is 13.8 Å². The third-order valence-corrected chi connectivity index (χ3v) is 7.06. The number of fused-ring (bicyclic) bond motifs is 3. The number of non-ortho nitro benzene ring substituents is 1. The molecule has 0 bridgehead atoms. The highest BCUT2D eigenvalue weighted by molar-refractivity contribution is 7.98. The van der Waals surface area contributed by atoms with E-state index in [9.17, 15) is 10.1 Å². The van der Waals surface area contributed by atoms with Crippen molar-refractivity contribution >= 4 is 51.3 Å². The fourth-order valence-corrected chi connectivity index (χ4v) is 5.33. The standard InChI is InChI=1S/C23H22N8O2S2/c1-4-28-20(16-9-11-17(12-10-16)31(32)33)14-35-22(28)26-25-15(2)13-29-21-24-18-7-5-6-8-19(18)30(21)27-23(29)34-3/h5-12,14H,4,13H2,1-3H3/b25-15+,26-22-. The van der Waals surface area contributed by atoms with E-state index >= 15 is 0 Å². The molecule has 0 atom stereocenters. The largest absolute Gasteiger partial charge is 0.315 e. The Morgan fingerprint density at radius 2 is 1.94 bits per heavy atom. The number of hydrogen-bond donors (Lipinski definition) is 0. The normalized spacial score (nSPS) is 12.8. The lowest BCUT2D eigenvalue weighted by Crippen LogP contribution is -2.15. The summed E-state index contributed by atoms with van der Waals surface area (Å²) in [4.78, 5) is 16.1. The van der Waals surface area contributed by atoms with Crippen LogP contribution in [-0.4, -0.2) is 40.6 Å². The van der Waals surface area contributed by atoms with E-state index in [1.165, 1.54) is 23.5 Å². The molecule has 3 heterocycles. The second-order valence-electron chi connectivity index (χ2n) is 7.77. The number of rotatable bonds is 7. The molecule has 0 amide bonds. The predicted octanol–water partition coefficient (Wildman–Crippen LogP) is 4.84. The van der Waals surface area contributed by atoms with Crippen LogP contribution in [0.3, 0.4) is 0 Å². The van der Waals surface area contributed by atoms with Crippen molar-refractivity contribution in [3.8, 4) is 11.3 Å². The van der Waals surface area contributed by atoms with Crippen LogP contribution in [0, 0.1) is 10.1 Å². The molecule has 0 aliphatic carbocycles. The first-order valence-corrected chi connectivity index (χ1v) is 13.0. The number of nitro groups is 1. The maximum atomic E-state index is 11.0. The van der Waals surface area contributed by atoms with Crippen LogP contribution in [0.2, 0.25) is 0 Å². The highest BCUT2D eigenvalue weighted by atomic mass is 32.2. The molecular formula is C23H22N8O2S2. The minimum atomic E-state index is -0.397. The molecule has 5 aromatic rings. The lowest BCUT2D eigenvalue weighted by Gasteiger charge is -2.06. The third-order valence-electron chi connectivity index (χ3n) is 5.54. The van der Waals surface area contributed by atoms with Gasteiger partial charge >= 0.3 is 0 Å². The second kappa shape index (κ2) is 9.47. The zero-order valence-electron chi connectivity index (χ0n) is 19.3. The van der Waals surface area contributed by atoms with Crippen molar-refractivity contribution < 1.29 is 4.92 Å². The van der Waals surface area contributed by atoms with E-state index in [4.69, 9.17) is 10.1 Å². The molecule has 10 nitrogen and oxygen atoms in total. The topological polar surface area (TPSA) is 108 Å². The van der Waals surface area contributed by atoms with Crippen LogP contribution < -0.4 is 4.80 Å². The van der Waals surface area contributed by atoms with Crippen LogP contribution in [0.15, 0.2) is 69.3 Å². The molecule has 12 heteroatoms. The van der Waals surface area contributed by atoms with Gasteiger partial charge in [0.1, 0.15) is 0 Å². The van der Waals surface area contributed by atoms with Gasteiger partial charge in [-0.1, -0.05) is 23.9 Å². The number of para-hydroxylation sites is 2. The number of thioether (sulfide) groups is 1. The lowest BCUT2D eigenvalue weighted by molar-refractivity contribution is -0.384. The Kier molecular flexibility index (Phi) is 6.22. The Balaban J connectivity index is 1.47. The summed E-state index contributed by atoms with van der Waals surface area (Å²) in [6.07, 6.45) is 1.99. The fraction of sp³-hybridized carbons (Fsp3) is 0.217. The summed E-state index contributed by atoms with van der Waals surface area (Å²) in [7, 11) is 0. The lowest BCUT2D eigenvalue weighted by atomic mass is 10.1. The molecule has 0 saturated carbocycles. The SMILES string of the molecule is CCn1c(-c2ccc([N+](=O)[O-])cc2)cs/c1=N\N=C(/C)Cn1c(SC)nn2c3ccccc3nc12. The molecule has 0 aliphatic heterocycles. The van der Waals surface area contributed by atoms with Gasteiger partial charge in [0.2, 0.25) is 10.6 Å². The van der Waals surface area contributed by atoms with E-state index in [-0.39, 0.29) is 5.69 Å². The van der Waals surface area contributed by atoms with Gasteiger partial charge in [0.15, 0.2) is 5.16 Å². The molecule has 0 radical (unpaired) electrons. The zero-order chi connectivity index (χ0) is 24.5. The van der Waals surface area contributed by atoms with Crippen molar-refractivity contribution in [1.82, 2.24) is 23.7 Å². The zero-order valence-corrected chi connectivity index (χ0v) is 21.0. The van der Waals surface area contributed by atoms with Gasteiger partial charge in [0.05, 0.1) is 33.9 Å². The maximum absolute atomic E-state index is 11.0.